The average molecular weight is 202 g/mol. The van der Waals surface area contributed by atoms with E-state index in [-0.39, 0.29) is 11.7 Å². The van der Waals surface area contributed by atoms with E-state index in [1.165, 1.54) is 0 Å². The number of phenols is 1. The standard InChI is InChI=1S/C11H10N2O2/c12-13-11(15)8-2-1-7-3-4-10(14)6-9(7)5-8/h1-6,14H,12H2,(H,13,15). The molecule has 4 N–H and O–H groups in total. The van der Waals surface area contributed by atoms with Crippen LogP contribution in [0.2, 0.25) is 0 Å². The average Bonchev–Trinajstić information content (AvgIpc) is 2.27. The second-order valence-electron chi connectivity index (χ2n) is 3.22. The molecule has 2 aromatic carbocycles. The van der Waals surface area contributed by atoms with E-state index in [1.54, 1.807) is 36.4 Å². The van der Waals surface area contributed by atoms with Gasteiger partial charge in [0.2, 0.25) is 0 Å². The van der Waals surface area contributed by atoms with Crippen LogP contribution in [0, 0.1) is 0 Å². The highest BCUT2D eigenvalue weighted by Crippen LogP contribution is 2.20. The van der Waals surface area contributed by atoms with Gasteiger partial charge in [-0.2, -0.15) is 0 Å². The van der Waals surface area contributed by atoms with Crippen molar-refractivity contribution in [1.82, 2.24) is 5.43 Å². The lowest BCUT2D eigenvalue weighted by molar-refractivity contribution is 0.0954. The molecule has 0 aliphatic heterocycles. The SMILES string of the molecule is NNC(=O)c1ccc2ccc(O)cc2c1. The third kappa shape index (κ3) is 1.75. The Morgan fingerprint density at radius 3 is 2.60 bits per heavy atom. The van der Waals surface area contributed by atoms with Gasteiger partial charge in [0.25, 0.3) is 5.91 Å². The van der Waals surface area contributed by atoms with Crippen LogP contribution in [0.15, 0.2) is 36.4 Å². The highest BCUT2D eigenvalue weighted by Gasteiger charge is 2.04. The number of hydrogen-bond acceptors (Lipinski definition) is 3. The Balaban J connectivity index is 2.59. The van der Waals surface area contributed by atoms with Gasteiger partial charge in [-0.1, -0.05) is 12.1 Å². The van der Waals surface area contributed by atoms with Crippen molar-refractivity contribution >= 4 is 16.7 Å². The molecule has 15 heavy (non-hydrogen) atoms. The van der Waals surface area contributed by atoms with Crippen LogP contribution >= 0.6 is 0 Å². The number of nitrogens with one attached hydrogen (secondary N) is 1. The minimum Gasteiger partial charge on any atom is -0.508 e. The summed E-state index contributed by atoms with van der Waals surface area (Å²) in [5.74, 6) is 4.86. The molecule has 4 nitrogen and oxygen atoms in total. The first-order chi connectivity index (χ1) is 7.20. The van der Waals surface area contributed by atoms with Crippen LogP contribution in [0.1, 0.15) is 10.4 Å². The van der Waals surface area contributed by atoms with E-state index in [1.807, 2.05) is 0 Å². The van der Waals surface area contributed by atoms with Gasteiger partial charge in [-0.25, -0.2) is 5.84 Å². The number of hydrazine groups is 1. The zero-order chi connectivity index (χ0) is 10.8. The van der Waals surface area contributed by atoms with E-state index in [4.69, 9.17) is 5.84 Å². The van der Waals surface area contributed by atoms with Crippen molar-refractivity contribution in [2.45, 2.75) is 0 Å². The maximum atomic E-state index is 11.2. The molecule has 0 atom stereocenters. The number of nitrogens with two attached hydrogens (primary N) is 1. The van der Waals surface area contributed by atoms with Gasteiger partial charge in [0.15, 0.2) is 0 Å². The fraction of sp³-hybridized carbons (Fsp3) is 0. The number of rotatable bonds is 1. The summed E-state index contributed by atoms with van der Waals surface area (Å²) in [6, 6.07) is 10.2. The van der Waals surface area contributed by atoms with Crippen molar-refractivity contribution in [3.63, 3.8) is 0 Å². The maximum absolute atomic E-state index is 11.2. The molecular weight excluding hydrogens is 192 g/mol. The third-order valence-electron chi connectivity index (χ3n) is 2.22. The van der Waals surface area contributed by atoms with Crippen LogP contribution in [-0.2, 0) is 0 Å². The summed E-state index contributed by atoms with van der Waals surface area (Å²) in [6.07, 6.45) is 0. The summed E-state index contributed by atoms with van der Waals surface area (Å²) in [5.41, 5.74) is 2.53. The molecule has 0 fully saturated rings. The van der Waals surface area contributed by atoms with Crippen molar-refractivity contribution in [2.24, 2.45) is 5.84 Å². The van der Waals surface area contributed by atoms with Crippen LogP contribution in [0.25, 0.3) is 10.8 Å². The second kappa shape index (κ2) is 3.59. The minimum atomic E-state index is -0.347. The number of aromatic hydroxyl groups is 1. The summed E-state index contributed by atoms with van der Waals surface area (Å²) in [4.78, 5) is 11.2. The number of benzene rings is 2. The first-order valence-corrected chi connectivity index (χ1v) is 4.44. The minimum absolute atomic E-state index is 0.174. The Kier molecular flexibility index (Phi) is 2.27. The van der Waals surface area contributed by atoms with Gasteiger partial charge in [0.1, 0.15) is 5.75 Å². The fourth-order valence-electron chi connectivity index (χ4n) is 1.46. The Morgan fingerprint density at radius 2 is 1.87 bits per heavy atom. The van der Waals surface area contributed by atoms with Crippen LogP contribution in [0.4, 0.5) is 0 Å². The monoisotopic (exact) mass is 202 g/mol. The predicted octanol–water partition coefficient (Wildman–Crippen LogP) is 1.15. The lowest BCUT2D eigenvalue weighted by Crippen LogP contribution is -2.29. The zero-order valence-electron chi connectivity index (χ0n) is 7.90. The van der Waals surface area contributed by atoms with Gasteiger partial charge in [-0.15, -0.1) is 0 Å². The van der Waals surface area contributed by atoms with Gasteiger partial charge in [-0.3, -0.25) is 10.2 Å². The number of carbonyl (C=O) groups excluding carboxylic acids is 1. The highest BCUT2D eigenvalue weighted by molar-refractivity contribution is 5.98. The summed E-state index contributed by atoms with van der Waals surface area (Å²) in [7, 11) is 0. The topological polar surface area (TPSA) is 75.3 Å². The fourth-order valence-corrected chi connectivity index (χ4v) is 1.46. The molecule has 0 radical (unpaired) electrons. The number of phenolic OH excluding ortho intramolecular Hbond substituents is 1. The van der Waals surface area contributed by atoms with E-state index >= 15 is 0 Å². The molecule has 0 aliphatic carbocycles. The summed E-state index contributed by atoms with van der Waals surface area (Å²) >= 11 is 0. The zero-order valence-corrected chi connectivity index (χ0v) is 7.90. The molecule has 1 amide bonds. The lowest BCUT2D eigenvalue weighted by atomic mass is 10.1. The maximum Gasteiger partial charge on any atom is 0.265 e. The molecule has 0 heterocycles. The highest BCUT2D eigenvalue weighted by atomic mass is 16.3. The smallest absolute Gasteiger partial charge is 0.265 e. The molecule has 0 saturated heterocycles. The number of nitrogen functional groups attached to an aromatic ring is 1. The molecule has 0 saturated carbocycles. The number of amides is 1. The first-order valence-electron chi connectivity index (χ1n) is 4.44. The van der Waals surface area contributed by atoms with Crippen molar-refractivity contribution in [3.05, 3.63) is 42.0 Å². The largest absolute Gasteiger partial charge is 0.508 e. The van der Waals surface area contributed by atoms with E-state index in [9.17, 15) is 9.90 Å². The van der Waals surface area contributed by atoms with E-state index in [0.717, 1.165) is 10.8 Å². The molecule has 0 bridgehead atoms. The summed E-state index contributed by atoms with van der Waals surface area (Å²) in [5, 5.41) is 11.1. The van der Waals surface area contributed by atoms with Crippen LogP contribution in [-0.4, -0.2) is 11.0 Å². The van der Waals surface area contributed by atoms with Crippen molar-refractivity contribution < 1.29 is 9.90 Å². The van der Waals surface area contributed by atoms with Crippen molar-refractivity contribution in [2.75, 3.05) is 0 Å². The quantitative estimate of drug-likeness (QED) is 0.369. The molecule has 0 aliphatic rings. The predicted molar refractivity (Wildman–Crippen MR) is 57.3 cm³/mol. The van der Waals surface area contributed by atoms with E-state index < -0.39 is 0 Å². The molecule has 4 heteroatoms. The van der Waals surface area contributed by atoms with Gasteiger partial charge in [-0.05, 0) is 35.0 Å². The molecule has 76 valence electrons. The van der Waals surface area contributed by atoms with Crippen molar-refractivity contribution in [3.8, 4) is 5.75 Å². The lowest BCUT2D eigenvalue weighted by Gasteiger charge is -2.02. The molecule has 2 rings (SSSR count). The van der Waals surface area contributed by atoms with Crippen LogP contribution in [0.5, 0.6) is 5.75 Å². The van der Waals surface area contributed by atoms with E-state index in [0.29, 0.717) is 5.56 Å². The van der Waals surface area contributed by atoms with E-state index in [2.05, 4.69) is 5.43 Å². The third-order valence-corrected chi connectivity index (χ3v) is 2.22. The Morgan fingerprint density at radius 1 is 1.13 bits per heavy atom. The van der Waals surface area contributed by atoms with Gasteiger partial charge in [0.05, 0.1) is 0 Å². The second-order valence-corrected chi connectivity index (χ2v) is 3.22. The molecule has 2 aromatic rings. The van der Waals surface area contributed by atoms with Crippen LogP contribution in [0.3, 0.4) is 0 Å². The molecular formula is C11H10N2O2. The summed E-state index contributed by atoms with van der Waals surface area (Å²) in [6.45, 7) is 0. The normalized spacial score (nSPS) is 10.2. The van der Waals surface area contributed by atoms with Gasteiger partial charge < -0.3 is 5.11 Å². The Bertz CT molecular complexity index is 523. The summed E-state index contributed by atoms with van der Waals surface area (Å²) < 4.78 is 0. The number of hydrogen-bond donors (Lipinski definition) is 3. The Hall–Kier alpha value is -2.07. The van der Waals surface area contributed by atoms with Crippen LogP contribution < -0.4 is 11.3 Å². The molecule has 0 spiro atoms. The van der Waals surface area contributed by atoms with Crippen molar-refractivity contribution in [1.29, 1.82) is 0 Å². The Labute approximate surface area is 86.3 Å². The van der Waals surface area contributed by atoms with Gasteiger partial charge >= 0.3 is 0 Å². The molecule has 0 unspecified atom stereocenters. The first kappa shape index (κ1) is 9.48. The number of fused-ring (bicyclic) bond motifs is 1. The number of carbonyl (C=O) groups is 1. The van der Waals surface area contributed by atoms with Gasteiger partial charge in [0, 0.05) is 5.56 Å². The molecule has 0 aromatic heterocycles.